The summed E-state index contributed by atoms with van der Waals surface area (Å²) in [6.45, 7) is 1.33. The number of furan rings is 1. The van der Waals surface area contributed by atoms with E-state index in [1.807, 2.05) is 0 Å². The van der Waals surface area contributed by atoms with Crippen molar-refractivity contribution in [3.63, 3.8) is 0 Å². The molecular weight excluding hydrogens is 504 g/mol. The predicted octanol–water partition coefficient (Wildman–Crippen LogP) is 4.03. The smallest absolute Gasteiger partial charge is 0.433 e. The lowest BCUT2D eigenvalue weighted by molar-refractivity contribution is -0.141. The third-order valence-electron chi connectivity index (χ3n) is 5.09. The number of nitrogens with one attached hydrogen (secondary N) is 2. The standard InChI is InChI=1S/C23H18F4N4O4S/c1-13(31-36(33,34)21-10-16-9-17(24)3-4-19(16)35-21)22(32)30-11-14-6-7-28-18(8-14)15-2-5-20(29-12-15)23(25,26)27/h2-10,12-13,31H,11H2,1H3,(H,30,32)/t13-/m0/s1. The number of halogens is 4. The van der Waals surface area contributed by atoms with Crippen LogP contribution in [0.1, 0.15) is 18.2 Å². The maximum absolute atomic E-state index is 13.4. The minimum absolute atomic E-state index is 0.00159. The number of rotatable bonds is 7. The lowest BCUT2D eigenvalue weighted by Crippen LogP contribution is -2.44. The third-order valence-corrected chi connectivity index (χ3v) is 6.48. The lowest BCUT2D eigenvalue weighted by Gasteiger charge is -2.14. The maximum atomic E-state index is 13.4. The summed E-state index contributed by atoms with van der Waals surface area (Å²) in [5.74, 6) is -1.20. The Hall–Kier alpha value is -3.84. The van der Waals surface area contributed by atoms with Gasteiger partial charge in [-0.1, -0.05) is 0 Å². The molecule has 0 saturated heterocycles. The van der Waals surface area contributed by atoms with Crippen molar-refractivity contribution in [1.29, 1.82) is 0 Å². The molecule has 0 bridgehead atoms. The topological polar surface area (TPSA) is 114 Å². The van der Waals surface area contributed by atoms with Gasteiger partial charge in [0.15, 0.2) is 0 Å². The van der Waals surface area contributed by atoms with Gasteiger partial charge in [-0.25, -0.2) is 12.8 Å². The first-order valence-corrected chi connectivity index (χ1v) is 11.9. The van der Waals surface area contributed by atoms with Gasteiger partial charge in [-0.3, -0.25) is 14.8 Å². The molecule has 3 aromatic heterocycles. The molecule has 4 aromatic rings. The Balaban J connectivity index is 1.39. The molecule has 13 heteroatoms. The van der Waals surface area contributed by atoms with Gasteiger partial charge in [0, 0.05) is 36.0 Å². The van der Waals surface area contributed by atoms with E-state index in [-0.39, 0.29) is 17.5 Å². The number of fused-ring (bicyclic) bond motifs is 1. The van der Waals surface area contributed by atoms with Crippen LogP contribution < -0.4 is 10.0 Å². The summed E-state index contributed by atoms with van der Waals surface area (Å²) in [5.41, 5.74) is 0.412. The second-order valence-electron chi connectivity index (χ2n) is 7.79. The molecule has 2 N–H and O–H groups in total. The number of alkyl halides is 3. The van der Waals surface area contributed by atoms with Gasteiger partial charge in [0.05, 0.1) is 11.7 Å². The molecule has 0 aliphatic heterocycles. The summed E-state index contributed by atoms with van der Waals surface area (Å²) in [7, 11) is -4.22. The molecule has 36 heavy (non-hydrogen) atoms. The van der Waals surface area contributed by atoms with Crippen molar-refractivity contribution in [2.24, 2.45) is 0 Å². The number of sulfonamides is 1. The van der Waals surface area contributed by atoms with Crippen LogP contribution in [0.3, 0.4) is 0 Å². The highest BCUT2D eigenvalue weighted by atomic mass is 32.2. The monoisotopic (exact) mass is 522 g/mol. The van der Waals surface area contributed by atoms with E-state index in [1.165, 1.54) is 25.3 Å². The number of hydrogen-bond donors (Lipinski definition) is 2. The summed E-state index contributed by atoms with van der Waals surface area (Å²) in [6, 6.07) is 8.75. The Kier molecular flexibility index (Phi) is 6.78. The van der Waals surface area contributed by atoms with E-state index in [2.05, 4.69) is 20.0 Å². The van der Waals surface area contributed by atoms with Crippen LogP contribution in [0.15, 0.2) is 70.4 Å². The van der Waals surface area contributed by atoms with Gasteiger partial charge in [0.25, 0.3) is 10.0 Å². The van der Waals surface area contributed by atoms with Crippen molar-refractivity contribution < 1.29 is 35.2 Å². The van der Waals surface area contributed by atoms with Gasteiger partial charge in [-0.05, 0) is 55.0 Å². The van der Waals surface area contributed by atoms with E-state index in [0.29, 0.717) is 16.8 Å². The first-order valence-electron chi connectivity index (χ1n) is 10.4. The van der Waals surface area contributed by atoms with Crippen molar-refractivity contribution in [2.45, 2.75) is 30.8 Å². The van der Waals surface area contributed by atoms with Gasteiger partial charge < -0.3 is 9.73 Å². The molecule has 0 fully saturated rings. The Morgan fingerprint density at radius 2 is 1.86 bits per heavy atom. The number of amides is 1. The summed E-state index contributed by atoms with van der Waals surface area (Å²) in [6.07, 6.45) is -2.08. The second-order valence-corrected chi connectivity index (χ2v) is 9.43. The molecule has 0 radical (unpaired) electrons. The first-order chi connectivity index (χ1) is 16.9. The highest BCUT2D eigenvalue weighted by Crippen LogP contribution is 2.28. The number of nitrogens with zero attached hydrogens (tertiary/aromatic N) is 2. The average Bonchev–Trinajstić information content (AvgIpc) is 3.26. The molecule has 188 valence electrons. The van der Waals surface area contributed by atoms with E-state index in [4.69, 9.17) is 4.42 Å². The van der Waals surface area contributed by atoms with E-state index in [9.17, 15) is 30.8 Å². The number of hydrogen-bond acceptors (Lipinski definition) is 6. The van der Waals surface area contributed by atoms with Crippen molar-refractivity contribution in [1.82, 2.24) is 20.0 Å². The minimum Gasteiger partial charge on any atom is -0.443 e. The Bertz CT molecular complexity index is 1520. The quantitative estimate of drug-likeness (QED) is 0.354. The Morgan fingerprint density at radius 3 is 2.56 bits per heavy atom. The highest BCUT2D eigenvalue weighted by molar-refractivity contribution is 7.89. The summed E-state index contributed by atoms with van der Waals surface area (Å²) in [4.78, 5) is 20.0. The van der Waals surface area contributed by atoms with Crippen LogP contribution in [0.4, 0.5) is 17.6 Å². The fraction of sp³-hybridized carbons (Fsp3) is 0.174. The number of carbonyl (C=O) groups excluding carboxylic acids is 1. The lowest BCUT2D eigenvalue weighted by atomic mass is 10.1. The van der Waals surface area contributed by atoms with E-state index in [1.54, 1.807) is 12.1 Å². The SMILES string of the molecule is C[C@H](NS(=O)(=O)c1cc2cc(F)ccc2o1)C(=O)NCc1ccnc(-c2ccc(C(F)(F)F)nc2)c1. The van der Waals surface area contributed by atoms with Crippen molar-refractivity contribution in [2.75, 3.05) is 0 Å². The zero-order chi connectivity index (χ0) is 26.1. The number of pyridine rings is 2. The predicted molar refractivity (Wildman–Crippen MR) is 120 cm³/mol. The van der Waals surface area contributed by atoms with Crippen LogP contribution in [0.2, 0.25) is 0 Å². The van der Waals surface area contributed by atoms with Gasteiger partial charge in [-0.2, -0.15) is 17.9 Å². The normalized spacial score (nSPS) is 13.0. The molecule has 0 aliphatic rings. The van der Waals surface area contributed by atoms with Gasteiger partial charge in [0.2, 0.25) is 11.0 Å². The van der Waals surface area contributed by atoms with Gasteiger partial charge >= 0.3 is 6.18 Å². The zero-order valence-electron chi connectivity index (χ0n) is 18.5. The number of benzene rings is 1. The molecule has 0 saturated carbocycles. The fourth-order valence-electron chi connectivity index (χ4n) is 3.26. The van der Waals surface area contributed by atoms with Crippen LogP contribution in [-0.2, 0) is 27.5 Å². The molecule has 0 spiro atoms. The molecule has 4 rings (SSSR count). The van der Waals surface area contributed by atoms with Crippen molar-refractivity contribution in [3.8, 4) is 11.3 Å². The fourth-order valence-corrected chi connectivity index (χ4v) is 4.43. The summed E-state index contributed by atoms with van der Waals surface area (Å²) in [5, 5.41) is 2.36. The van der Waals surface area contributed by atoms with Crippen LogP contribution in [0.25, 0.3) is 22.2 Å². The van der Waals surface area contributed by atoms with Crippen molar-refractivity contribution in [3.05, 3.63) is 78.0 Å². The van der Waals surface area contributed by atoms with Gasteiger partial charge in [-0.15, -0.1) is 0 Å². The molecule has 0 unspecified atom stereocenters. The molecule has 3 heterocycles. The molecule has 0 aliphatic carbocycles. The van der Waals surface area contributed by atoms with E-state index in [0.717, 1.165) is 30.5 Å². The average molecular weight is 522 g/mol. The minimum atomic E-state index is -4.56. The molecule has 1 atom stereocenters. The molecular formula is C23H18F4N4O4S. The van der Waals surface area contributed by atoms with Crippen LogP contribution in [-0.4, -0.2) is 30.3 Å². The van der Waals surface area contributed by atoms with E-state index >= 15 is 0 Å². The van der Waals surface area contributed by atoms with Crippen LogP contribution >= 0.6 is 0 Å². The molecule has 8 nitrogen and oxygen atoms in total. The Morgan fingerprint density at radius 1 is 1.08 bits per heavy atom. The van der Waals surface area contributed by atoms with Crippen LogP contribution in [0.5, 0.6) is 0 Å². The Labute approximate surface area is 202 Å². The maximum Gasteiger partial charge on any atom is 0.433 e. The third kappa shape index (κ3) is 5.69. The summed E-state index contributed by atoms with van der Waals surface area (Å²) < 4.78 is 84.1. The summed E-state index contributed by atoms with van der Waals surface area (Å²) >= 11 is 0. The zero-order valence-corrected chi connectivity index (χ0v) is 19.3. The first kappa shape index (κ1) is 25.3. The van der Waals surface area contributed by atoms with Crippen LogP contribution in [0, 0.1) is 5.82 Å². The molecule has 1 amide bonds. The number of aromatic nitrogens is 2. The highest BCUT2D eigenvalue weighted by Gasteiger charge is 2.32. The largest absolute Gasteiger partial charge is 0.443 e. The van der Waals surface area contributed by atoms with E-state index < -0.39 is 44.8 Å². The second kappa shape index (κ2) is 9.66. The van der Waals surface area contributed by atoms with Crippen molar-refractivity contribution >= 4 is 26.9 Å². The van der Waals surface area contributed by atoms with Gasteiger partial charge in [0.1, 0.15) is 17.1 Å². The number of carbonyl (C=O) groups is 1. The molecule has 1 aromatic carbocycles.